The van der Waals surface area contributed by atoms with Gasteiger partial charge in [0.2, 0.25) is 5.91 Å². The normalized spacial score (nSPS) is 15.1. The second kappa shape index (κ2) is 9.02. The molecule has 1 saturated carbocycles. The third-order valence-electron chi connectivity index (χ3n) is 3.51. The topological polar surface area (TPSA) is 78.4 Å². The number of guanidine groups is 1. The summed E-state index contributed by atoms with van der Waals surface area (Å²) in [4.78, 5) is 19.2. The summed E-state index contributed by atoms with van der Waals surface area (Å²) >= 11 is 0.994. The Balaban J connectivity index is 1.59. The van der Waals surface area contributed by atoms with E-state index in [1.165, 1.54) is 0 Å². The maximum absolute atomic E-state index is 12.5. The van der Waals surface area contributed by atoms with Crippen molar-refractivity contribution < 1.29 is 18.0 Å². The van der Waals surface area contributed by atoms with Crippen LogP contribution in [-0.2, 0) is 17.4 Å². The number of halogens is 3. The number of aliphatic imine (C=N–C) groups is 1. The smallest absolute Gasteiger partial charge is 0.356 e. The van der Waals surface area contributed by atoms with Gasteiger partial charge in [-0.2, -0.15) is 13.2 Å². The van der Waals surface area contributed by atoms with Gasteiger partial charge < -0.3 is 16.0 Å². The predicted molar refractivity (Wildman–Crippen MR) is 90.6 cm³/mol. The first-order valence-corrected chi connectivity index (χ1v) is 9.02. The van der Waals surface area contributed by atoms with E-state index in [1.54, 1.807) is 7.05 Å². The predicted octanol–water partition coefficient (Wildman–Crippen LogP) is 1.93. The summed E-state index contributed by atoms with van der Waals surface area (Å²) < 4.78 is 37.4. The molecule has 2 rings (SSSR count). The fourth-order valence-electron chi connectivity index (χ4n) is 2.05. The lowest BCUT2D eigenvalue weighted by atomic mass is 10.3. The molecule has 10 heteroatoms. The van der Waals surface area contributed by atoms with Crippen molar-refractivity contribution in [1.29, 1.82) is 0 Å². The molecule has 1 aromatic rings. The van der Waals surface area contributed by atoms with Crippen LogP contribution in [0.3, 0.4) is 0 Å². The van der Waals surface area contributed by atoms with Crippen LogP contribution in [0, 0.1) is 0 Å². The SMILES string of the molecule is CN=C(NCCCC(=O)NC1CC1)NCCc1nc(C(F)(F)F)cs1. The van der Waals surface area contributed by atoms with Crippen molar-refractivity contribution in [2.24, 2.45) is 4.99 Å². The lowest BCUT2D eigenvalue weighted by Gasteiger charge is -2.11. The second-order valence-electron chi connectivity index (χ2n) is 5.75. The van der Waals surface area contributed by atoms with E-state index < -0.39 is 11.9 Å². The summed E-state index contributed by atoms with van der Waals surface area (Å²) in [5.74, 6) is 0.617. The van der Waals surface area contributed by atoms with Crippen molar-refractivity contribution in [1.82, 2.24) is 20.9 Å². The number of amides is 1. The van der Waals surface area contributed by atoms with E-state index >= 15 is 0 Å². The van der Waals surface area contributed by atoms with E-state index in [4.69, 9.17) is 0 Å². The number of thiazole rings is 1. The fourth-order valence-corrected chi connectivity index (χ4v) is 2.85. The summed E-state index contributed by atoms with van der Waals surface area (Å²) in [7, 11) is 1.61. The molecule has 3 N–H and O–H groups in total. The van der Waals surface area contributed by atoms with E-state index in [2.05, 4.69) is 25.9 Å². The Morgan fingerprint density at radius 3 is 2.68 bits per heavy atom. The number of alkyl halides is 3. The van der Waals surface area contributed by atoms with Crippen molar-refractivity contribution in [2.45, 2.75) is 44.3 Å². The highest BCUT2D eigenvalue weighted by molar-refractivity contribution is 7.09. The third kappa shape index (κ3) is 7.29. The number of rotatable bonds is 8. The lowest BCUT2D eigenvalue weighted by Crippen LogP contribution is -2.39. The number of carbonyl (C=O) groups is 1. The number of nitrogens with one attached hydrogen (secondary N) is 3. The van der Waals surface area contributed by atoms with Crippen LogP contribution >= 0.6 is 11.3 Å². The Hall–Kier alpha value is -1.84. The van der Waals surface area contributed by atoms with Crippen LogP contribution < -0.4 is 16.0 Å². The van der Waals surface area contributed by atoms with Crippen molar-refractivity contribution in [3.63, 3.8) is 0 Å². The molecule has 0 spiro atoms. The number of aromatic nitrogens is 1. The minimum Gasteiger partial charge on any atom is -0.356 e. The van der Waals surface area contributed by atoms with Gasteiger partial charge in [-0.05, 0) is 19.3 Å². The summed E-state index contributed by atoms with van der Waals surface area (Å²) in [5.41, 5.74) is -0.848. The molecular formula is C15H22F3N5OS. The summed E-state index contributed by atoms with van der Waals surface area (Å²) in [5, 5.41) is 10.5. The molecule has 0 radical (unpaired) electrons. The van der Waals surface area contributed by atoms with Gasteiger partial charge in [0, 0.05) is 44.4 Å². The highest BCUT2D eigenvalue weighted by Gasteiger charge is 2.33. The fraction of sp³-hybridized carbons (Fsp3) is 0.667. The van der Waals surface area contributed by atoms with E-state index in [0.29, 0.717) is 49.4 Å². The minimum absolute atomic E-state index is 0.0662. The zero-order chi connectivity index (χ0) is 18.3. The molecule has 0 saturated heterocycles. The van der Waals surface area contributed by atoms with Crippen LogP contribution in [0.5, 0.6) is 0 Å². The first-order chi connectivity index (χ1) is 11.9. The van der Waals surface area contributed by atoms with Gasteiger partial charge >= 0.3 is 6.18 Å². The average Bonchev–Trinajstić information content (AvgIpc) is 3.22. The summed E-state index contributed by atoms with van der Waals surface area (Å²) in [6.45, 7) is 1.01. The van der Waals surface area contributed by atoms with Crippen molar-refractivity contribution in [2.75, 3.05) is 20.1 Å². The Labute approximate surface area is 148 Å². The van der Waals surface area contributed by atoms with Crippen molar-refractivity contribution in [3.05, 3.63) is 16.1 Å². The highest BCUT2D eigenvalue weighted by Crippen LogP contribution is 2.29. The van der Waals surface area contributed by atoms with E-state index in [-0.39, 0.29) is 5.91 Å². The summed E-state index contributed by atoms with van der Waals surface area (Å²) in [6.07, 6.45) is -0.731. The quantitative estimate of drug-likeness (QED) is 0.368. The number of hydrogen-bond donors (Lipinski definition) is 3. The number of carbonyl (C=O) groups excluding carboxylic acids is 1. The van der Waals surface area contributed by atoms with E-state index in [1.807, 2.05) is 0 Å². The van der Waals surface area contributed by atoms with Gasteiger partial charge in [0.25, 0.3) is 0 Å². The van der Waals surface area contributed by atoms with E-state index in [0.717, 1.165) is 29.6 Å². The molecule has 140 valence electrons. The molecule has 0 aliphatic heterocycles. The van der Waals surface area contributed by atoms with Crippen molar-refractivity contribution >= 4 is 23.2 Å². The number of nitrogens with zero attached hydrogens (tertiary/aromatic N) is 2. The Morgan fingerprint density at radius 2 is 2.08 bits per heavy atom. The molecule has 6 nitrogen and oxygen atoms in total. The average molecular weight is 377 g/mol. The van der Waals surface area contributed by atoms with Gasteiger partial charge in [-0.25, -0.2) is 4.98 Å². The standard InChI is InChI=1S/C15H22F3N5OS/c1-19-14(20-7-2-3-12(24)22-10-4-5-10)21-8-6-13-23-11(9-25-13)15(16,17)18/h9-10H,2-8H2,1H3,(H,22,24)(H2,19,20,21). The molecule has 1 aromatic heterocycles. The first kappa shape index (κ1) is 19.5. The van der Waals surface area contributed by atoms with Crippen molar-refractivity contribution in [3.8, 4) is 0 Å². The van der Waals surface area contributed by atoms with Gasteiger partial charge in [0.15, 0.2) is 11.7 Å². The Kier molecular flexibility index (Phi) is 7.03. The van der Waals surface area contributed by atoms with Gasteiger partial charge in [-0.1, -0.05) is 0 Å². The van der Waals surface area contributed by atoms with Crippen LogP contribution in [0.25, 0.3) is 0 Å². The first-order valence-electron chi connectivity index (χ1n) is 8.14. The van der Waals surface area contributed by atoms with Gasteiger partial charge in [0.05, 0.1) is 5.01 Å². The molecule has 0 atom stereocenters. The largest absolute Gasteiger partial charge is 0.434 e. The van der Waals surface area contributed by atoms with Crippen LogP contribution in [0.1, 0.15) is 36.4 Å². The monoisotopic (exact) mass is 377 g/mol. The molecule has 1 aliphatic carbocycles. The van der Waals surface area contributed by atoms with Crippen LogP contribution in [0.4, 0.5) is 13.2 Å². The molecular weight excluding hydrogens is 355 g/mol. The molecule has 1 heterocycles. The molecule has 0 bridgehead atoms. The molecule has 25 heavy (non-hydrogen) atoms. The number of hydrogen-bond acceptors (Lipinski definition) is 4. The second-order valence-corrected chi connectivity index (χ2v) is 6.69. The van der Waals surface area contributed by atoms with Crippen LogP contribution in [-0.4, -0.2) is 43.0 Å². The zero-order valence-corrected chi connectivity index (χ0v) is 14.8. The molecule has 1 amide bonds. The van der Waals surface area contributed by atoms with Crippen LogP contribution in [0.15, 0.2) is 10.4 Å². The molecule has 0 unspecified atom stereocenters. The van der Waals surface area contributed by atoms with E-state index in [9.17, 15) is 18.0 Å². The molecule has 1 fully saturated rings. The zero-order valence-electron chi connectivity index (χ0n) is 13.9. The maximum atomic E-state index is 12.5. The Bertz CT molecular complexity index is 598. The van der Waals surface area contributed by atoms with Gasteiger partial charge in [0.1, 0.15) is 0 Å². The Morgan fingerprint density at radius 1 is 1.36 bits per heavy atom. The molecule has 0 aromatic carbocycles. The third-order valence-corrected chi connectivity index (χ3v) is 4.42. The van der Waals surface area contributed by atoms with Crippen LogP contribution in [0.2, 0.25) is 0 Å². The summed E-state index contributed by atoms with van der Waals surface area (Å²) in [6, 6.07) is 0.374. The highest BCUT2D eigenvalue weighted by atomic mass is 32.1. The lowest BCUT2D eigenvalue weighted by molar-refractivity contribution is -0.140. The molecule has 1 aliphatic rings. The maximum Gasteiger partial charge on any atom is 0.434 e. The van der Waals surface area contributed by atoms with Gasteiger partial charge in [-0.3, -0.25) is 9.79 Å². The minimum atomic E-state index is -4.40. The van der Waals surface area contributed by atoms with Gasteiger partial charge in [-0.15, -0.1) is 11.3 Å².